The van der Waals surface area contributed by atoms with Gasteiger partial charge in [0, 0.05) is 19.0 Å². The molecule has 0 radical (unpaired) electrons. The Balaban J connectivity index is 1.78. The van der Waals surface area contributed by atoms with E-state index >= 15 is 0 Å². The van der Waals surface area contributed by atoms with Crippen LogP contribution in [0.2, 0.25) is 0 Å². The molecule has 0 unspecified atom stereocenters. The maximum atomic E-state index is 13.2. The molecule has 0 saturated carbocycles. The second-order valence-electron chi connectivity index (χ2n) is 3.45. The van der Waals surface area contributed by atoms with Gasteiger partial charge in [0.05, 0.1) is 6.20 Å². The molecule has 90 valence electrons. The van der Waals surface area contributed by atoms with Gasteiger partial charge in [-0.2, -0.15) is 5.10 Å². The second kappa shape index (κ2) is 5.33. The summed E-state index contributed by atoms with van der Waals surface area (Å²) in [5.41, 5.74) is 0. The Morgan fingerprint density at radius 1 is 1.29 bits per heavy atom. The summed E-state index contributed by atoms with van der Waals surface area (Å²) in [5, 5.41) is 9.23. The molecule has 0 fully saturated rings. The fourth-order valence-corrected chi connectivity index (χ4v) is 1.36. The fraction of sp³-hybridized carbons (Fsp3) is 0.300. The highest BCUT2D eigenvalue weighted by atomic mass is 19.1. The molecular formula is C10H11F2N5. The number of nitrogens with one attached hydrogen (secondary N) is 2. The SMILES string of the molecule is Fc1cnc(NCCCc2ncn[nH]2)c(F)c1. The van der Waals surface area contributed by atoms with Crippen LogP contribution in [-0.2, 0) is 6.42 Å². The van der Waals surface area contributed by atoms with Crippen LogP contribution in [0.5, 0.6) is 0 Å². The van der Waals surface area contributed by atoms with Crippen molar-refractivity contribution in [3.05, 3.63) is 36.0 Å². The molecule has 2 aromatic heterocycles. The summed E-state index contributed by atoms with van der Waals surface area (Å²) in [7, 11) is 0. The first kappa shape index (κ1) is 11.4. The fourth-order valence-electron chi connectivity index (χ4n) is 1.36. The van der Waals surface area contributed by atoms with Crippen LogP contribution >= 0.6 is 0 Å². The number of nitrogens with zero attached hydrogens (tertiary/aromatic N) is 3. The van der Waals surface area contributed by atoms with Gasteiger partial charge in [-0.1, -0.05) is 0 Å². The number of pyridine rings is 1. The van der Waals surface area contributed by atoms with Crippen molar-refractivity contribution in [3.63, 3.8) is 0 Å². The third-order valence-electron chi connectivity index (χ3n) is 2.16. The number of aromatic nitrogens is 4. The number of hydrogen-bond donors (Lipinski definition) is 2. The van der Waals surface area contributed by atoms with Gasteiger partial charge in [-0.3, -0.25) is 5.10 Å². The number of aromatic amines is 1. The lowest BCUT2D eigenvalue weighted by atomic mass is 10.3. The smallest absolute Gasteiger partial charge is 0.168 e. The van der Waals surface area contributed by atoms with E-state index in [1.165, 1.54) is 6.33 Å². The number of aryl methyl sites for hydroxylation is 1. The Morgan fingerprint density at radius 2 is 2.18 bits per heavy atom. The zero-order valence-corrected chi connectivity index (χ0v) is 8.95. The summed E-state index contributed by atoms with van der Waals surface area (Å²) in [6.45, 7) is 0.524. The number of H-pyrrole nitrogens is 1. The predicted molar refractivity (Wildman–Crippen MR) is 57.3 cm³/mol. The van der Waals surface area contributed by atoms with Gasteiger partial charge in [-0.05, 0) is 6.42 Å². The van der Waals surface area contributed by atoms with Gasteiger partial charge in [0.15, 0.2) is 11.6 Å². The van der Waals surface area contributed by atoms with E-state index in [1.54, 1.807) is 0 Å². The number of halogens is 2. The Morgan fingerprint density at radius 3 is 2.88 bits per heavy atom. The van der Waals surface area contributed by atoms with Gasteiger partial charge < -0.3 is 5.32 Å². The van der Waals surface area contributed by atoms with Crippen molar-refractivity contribution in [1.82, 2.24) is 20.2 Å². The van der Waals surface area contributed by atoms with E-state index in [0.717, 1.165) is 24.5 Å². The van der Waals surface area contributed by atoms with Gasteiger partial charge in [-0.25, -0.2) is 18.7 Å². The van der Waals surface area contributed by atoms with Crippen molar-refractivity contribution < 1.29 is 8.78 Å². The predicted octanol–water partition coefficient (Wildman–Crippen LogP) is 1.52. The standard InChI is InChI=1S/C10H11F2N5/c11-7-4-8(12)10(14-5-7)13-3-1-2-9-15-6-16-17-9/h4-6H,1-3H2,(H,13,14)(H,15,16,17). The average Bonchev–Trinajstić information content (AvgIpc) is 2.79. The Labute approximate surface area is 96.3 Å². The third-order valence-corrected chi connectivity index (χ3v) is 2.16. The lowest BCUT2D eigenvalue weighted by molar-refractivity contribution is 0.575. The molecule has 2 aromatic rings. The van der Waals surface area contributed by atoms with Crippen LogP contribution in [0, 0.1) is 11.6 Å². The van der Waals surface area contributed by atoms with E-state index in [9.17, 15) is 8.78 Å². The quantitative estimate of drug-likeness (QED) is 0.776. The molecule has 2 rings (SSSR count). The lowest BCUT2D eigenvalue weighted by Crippen LogP contribution is -2.07. The highest BCUT2D eigenvalue weighted by molar-refractivity contribution is 5.35. The zero-order valence-electron chi connectivity index (χ0n) is 8.95. The summed E-state index contributed by atoms with van der Waals surface area (Å²) in [5.74, 6) is -0.539. The number of anilines is 1. The summed E-state index contributed by atoms with van der Waals surface area (Å²) < 4.78 is 25.7. The second-order valence-corrected chi connectivity index (χ2v) is 3.45. The minimum absolute atomic E-state index is 0.0592. The van der Waals surface area contributed by atoms with Gasteiger partial charge >= 0.3 is 0 Å². The average molecular weight is 239 g/mol. The molecule has 5 nitrogen and oxygen atoms in total. The zero-order chi connectivity index (χ0) is 12.1. The highest BCUT2D eigenvalue weighted by Crippen LogP contribution is 2.10. The first-order valence-electron chi connectivity index (χ1n) is 5.15. The van der Waals surface area contributed by atoms with Crippen LogP contribution in [0.1, 0.15) is 12.2 Å². The molecule has 0 aliphatic heterocycles. The number of rotatable bonds is 5. The molecule has 2 heterocycles. The van der Waals surface area contributed by atoms with Crippen LogP contribution in [0.15, 0.2) is 18.6 Å². The monoisotopic (exact) mass is 239 g/mol. The van der Waals surface area contributed by atoms with Gasteiger partial charge in [0.1, 0.15) is 18.0 Å². The normalized spacial score (nSPS) is 10.5. The molecule has 17 heavy (non-hydrogen) atoms. The Hall–Kier alpha value is -2.05. The van der Waals surface area contributed by atoms with Gasteiger partial charge in [-0.15, -0.1) is 0 Å². The molecule has 0 bridgehead atoms. The molecule has 2 N–H and O–H groups in total. The molecule has 0 spiro atoms. The van der Waals surface area contributed by atoms with E-state index in [2.05, 4.69) is 25.5 Å². The van der Waals surface area contributed by atoms with E-state index in [0.29, 0.717) is 13.0 Å². The Bertz CT molecular complexity index is 472. The van der Waals surface area contributed by atoms with Crippen LogP contribution in [0.4, 0.5) is 14.6 Å². The summed E-state index contributed by atoms with van der Waals surface area (Å²) in [6, 6.07) is 0.797. The largest absolute Gasteiger partial charge is 0.368 e. The lowest BCUT2D eigenvalue weighted by Gasteiger charge is -2.05. The molecule has 0 atom stereocenters. The molecule has 0 aliphatic carbocycles. The van der Waals surface area contributed by atoms with Crippen LogP contribution in [-0.4, -0.2) is 26.7 Å². The van der Waals surface area contributed by atoms with Crippen molar-refractivity contribution in [3.8, 4) is 0 Å². The highest BCUT2D eigenvalue weighted by Gasteiger charge is 2.04. The van der Waals surface area contributed by atoms with Crippen molar-refractivity contribution in [1.29, 1.82) is 0 Å². The molecule has 7 heteroatoms. The first-order chi connectivity index (χ1) is 8.25. The minimum Gasteiger partial charge on any atom is -0.368 e. The van der Waals surface area contributed by atoms with E-state index in [-0.39, 0.29) is 5.82 Å². The van der Waals surface area contributed by atoms with Crippen LogP contribution < -0.4 is 5.32 Å². The summed E-state index contributed by atoms with van der Waals surface area (Å²) in [6.07, 6.45) is 3.86. The molecule has 0 aromatic carbocycles. The van der Waals surface area contributed by atoms with E-state index in [1.807, 2.05) is 0 Å². The number of hydrogen-bond acceptors (Lipinski definition) is 4. The van der Waals surface area contributed by atoms with E-state index in [4.69, 9.17) is 0 Å². The van der Waals surface area contributed by atoms with Crippen molar-refractivity contribution in [2.24, 2.45) is 0 Å². The summed E-state index contributed by atoms with van der Waals surface area (Å²) in [4.78, 5) is 7.57. The molecule has 0 aliphatic rings. The van der Waals surface area contributed by atoms with Crippen molar-refractivity contribution in [2.75, 3.05) is 11.9 Å². The van der Waals surface area contributed by atoms with Crippen LogP contribution in [0.25, 0.3) is 0 Å². The molecule has 0 saturated heterocycles. The summed E-state index contributed by atoms with van der Waals surface area (Å²) >= 11 is 0. The topological polar surface area (TPSA) is 66.5 Å². The maximum Gasteiger partial charge on any atom is 0.168 e. The minimum atomic E-state index is -0.690. The molecular weight excluding hydrogens is 228 g/mol. The van der Waals surface area contributed by atoms with Gasteiger partial charge in [0.2, 0.25) is 0 Å². The van der Waals surface area contributed by atoms with Crippen molar-refractivity contribution in [2.45, 2.75) is 12.8 Å². The van der Waals surface area contributed by atoms with Crippen molar-refractivity contribution >= 4 is 5.82 Å². The van der Waals surface area contributed by atoms with E-state index < -0.39 is 11.6 Å². The first-order valence-corrected chi connectivity index (χ1v) is 5.15. The van der Waals surface area contributed by atoms with Crippen LogP contribution in [0.3, 0.4) is 0 Å². The maximum absolute atomic E-state index is 13.2. The van der Waals surface area contributed by atoms with Gasteiger partial charge in [0.25, 0.3) is 0 Å². The Kier molecular flexibility index (Phi) is 3.59. The molecule has 0 amide bonds. The third kappa shape index (κ3) is 3.20.